The van der Waals surface area contributed by atoms with Gasteiger partial charge in [-0.1, -0.05) is 0 Å². The lowest BCUT2D eigenvalue weighted by Crippen LogP contribution is -1.64. The van der Waals surface area contributed by atoms with Crippen LogP contribution in [0.1, 0.15) is 9.75 Å². The highest BCUT2D eigenvalue weighted by Gasteiger charge is 2.00. The summed E-state index contributed by atoms with van der Waals surface area (Å²) in [5.74, 6) is 0.610. The second kappa shape index (κ2) is 3.04. The first-order chi connectivity index (χ1) is 4.24. The Morgan fingerprint density at radius 3 is 2.67 bits per heavy atom. The van der Waals surface area contributed by atoms with E-state index in [0.717, 1.165) is 4.47 Å². The Morgan fingerprint density at radius 1 is 1.78 bits per heavy atom. The first-order valence-corrected chi connectivity index (χ1v) is 4.69. The van der Waals surface area contributed by atoms with E-state index in [1.807, 2.05) is 0 Å². The second-order valence-corrected chi connectivity index (χ2v) is 4.22. The Labute approximate surface area is 72.0 Å². The summed E-state index contributed by atoms with van der Waals surface area (Å²) >= 11 is 10.8. The smallest absolute Gasteiger partial charge is 0.0579 e. The van der Waals surface area contributed by atoms with Gasteiger partial charge in [0, 0.05) is 14.2 Å². The van der Waals surface area contributed by atoms with E-state index in [0.29, 0.717) is 5.88 Å². The Kier molecular flexibility index (Phi) is 2.56. The summed E-state index contributed by atoms with van der Waals surface area (Å²) < 4.78 is 1.14. The third-order valence-corrected chi connectivity index (χ3v) is 3.45. The maximum absolute atomic E-state index is 5.63. The van der Waals surface area contributed by atoms with Crippen LogP contribution < -0.4 is 0 Å². The molecule has 0 unspecified atom stereocenters. The van der Waals surface area contributed by atoms with Gasteiger partial charge in [-0.25, -0.2) is 0 Å². The van der Waals surface area contributed by atoms with E-state index < -0.39 is 0 Å². The molecule has 9 heavy (non-hydrogen) atoms. The summed E-state index contributed by atoms with van der Waals surface area (Å²) in [6.45, 7) is 2.07. The zero-order valence-electron chi connectivity index (χ0n) is 4.95. The number of rotatable bonds is 1. The van der Waals surface area contributed by atoms with Crippen LogP contribution in [0.2, 0.25) is 0 Å². The van der Waals surface area contributed by atoms with Gasteiger partial charge in [0.15, 0.2) is 0 Å². The lowest BCUT2D eigenvalue weighted by atomic mass is 10.5. The van der Waals surface area contributed by atoms with Crippen LogP contribution in [0.15, 0.2) is 10.5 Å². The predicted octanol–water partition coefficient (Wildman–Crippen LogP) is 3.56. The number of halogens is 2. The number of aryl methyl sites for hydroxylation is 1. The maximum Gasteiger partial charge on any atom is 0.0579 e. The number of hydrogen-bond donors (Lipinski definition) is 0. The fraction of sp³-hybridized carbons (Fsp3) is 0.333. The Morgan fingerprint density at radius 2 is 2.44 bits per heavy atom. The van der Waals surface area contributed by atoms with E-state index in [9.17, 15) is 0 Å². The summed E-state index contributed by atoms with van der Waals surface area (Å²) in [4.78, 5) is 2.52. The molecule has 1 heterocycles. The molecule has 3 heteroatoms. The Bertz CT molecular complexity index is 207. The minimum absolute atomic E-state index is 0.610. The summed E-state index contributed by atoms with van der Waals surface area (Å²) in [5.41, 5.74) is 0. The van der Waals surface area contributed by atoms with Gasteiger partial charge in [0.1, 0.15) is 0 Å². The van der Waals surface area contributed by atoms with Crippen LogP contribution in [0.3, 0.4) is 0 Å². The molecule has 0 atom stereocenters. The van der Waals surface area contributed by atoms with Crippen LogP contribution >= 0.6 is 38.9 Å². The minimum Gasteiger partial charge on any atom is -0.143 e. The third-order valence-electron chi connectivity index (χ3n) is 1.00. The van der Waals surface area contributed by atoms with Crippen LogP contribution in [0.4, 0.5) is 0 Å². The van der Waals surface area contributed by atoms with Crippen molar-refractivity contribution in [1.29, 1.82) is 0 Å². The normalized spacial score (nSPS) is 10.1. The molecule has 0 spiro atoms. The van der Waals surface area contributed by atoms with Gasteiger partial charge in [-0.2, -0.15) is 0 Å². The van der Waals surface area contributed by atoms with Gasteiger partial charge in [0.2, 0.25) is 0 Å². The molecular formula is C6H6BrClS. The van der Waals surface area contributed by atoms with Crippen molar-refractivity contribution >= 4 is 38.9 Å². The van der Waals surface area contributed by atoms with Gasteiger partial charge in [-0.05, 0) is 28.9 Å². The fourth-order valence-corrected chi connectivity index (χ4v) is 2.75. The van der Waals surface area contributed by atoms with Gasteiger partial charge in [0.25, 0.3) is 0 Å². The summed E-state index contributed by atoms with van der Waals surface area (Å²) in [7, 11) is 0. The van der Waals surface area contributed by atoms with Crippen molar-refractivity contribution < 1.29 is 0 Å². The van der Waals surface area contributed by atoms with Gasteiger partial charge in [-0.3, -0.25) is 0 Å². The van der Waals surface area contributed by atoms with Crippen LogP contribution in [0.5, 0.6) is 0 Å². The third kappa shape index (κ3) is 1.69. The lowest BCUT2D eigenvalue weighted by molar-refractivity contribution is 1.49. The lowest BCUT2D eigenvalue weighted by Gasteiger charge is -1.84. The molecule has 50 valence electrons. The Balaban J connectivity index is 3.01. The minimum atomic E-state index is 0.610. The molecule has 0 aliphatic rings. The highest BCUT2D eigenvalue weighted by atomic mass is 79.9. The molecule has 0 saturated heterocycles. The van der Waals surface area contributed by atoms with Crippen LogP contribution in [0, 0.1) is 6.92 Å². The van der Waals surface area contributed by atoms with Crippen molar-refractivity contribution in [1.82, 2.24) is 0 Å². The van der Waals surface area contributed by atoms with Gasteiger partial charge >= 0.3 is 0 Å². The van der Waals surface area contributed by atoms with Gasteiger partial charge in [-0.15, -0.1) is 22.9 Å². The quantitative estimate of drug-likeness (QED) is 0.641. The predicted molar refractivity (Wildman–Crippen MR) is 46.3 cm³/mol. The van der Waals surface area contributed by atoms with Crippen LogP contribution in [-0.4, -0.2) is 0 Å². The van der Waals surface area contributed by atoms with Crippen LogP contribution in [-0.2, 0) is 5.88 Å². The molecule has 1 rings (SSSR count). The van der Waals surface area contributed by atoms with E-state index >= 15 is 0 Å². The first-order valence-electron chi connectivity index (χ1n) is 2.55. The molecule has 0 aliphatic heterocycles. The second-order valence-electron chi connectivity index (χ2n) is 1.76. The molecule has 1 aromatic rings. The van der Waals surface area contributed by atoms with Gasteiger partial charge < -0.3 is 0 Å². The molecule has 0 nitrogen and oxygen atoms in total. The molecule has 0 fully saturated rings. The van der Waals surface area contributed by atoms with Gasteiger partial charge in [0.05, 0.1) is 5.88 Å². The summed E-state index contributed by atoms with van der Waals surface area (Å²) in [6.07, 6.45) is 0. The zero-order valence-corrected chi connectivity index (χ0v) is 8.11. The average Bonchev–Trinajstić information content (AvgIpc) is 2.10. The number of alkyl halides is 1. The van der Waals surface area contributed by atoms with E-state index in [-0.39, 0.29) is 0 Å². The molecule has 0 aliphatic carbocycles. The maximum atomic E-state index is 5.63. The van der Waals surface area contributed by atoms with E-state index in [1.165, 1.54) is 9.75 Å². The zero-order chi connectivity index (χ0) is 6.85. The monoisotopic (exact) mass is 224 g/mol. The van der Waals surface area contributed by atoms with Crippen molar-refractivity contribution in [2.24, 2.45) is 0 Å². The van der Waals surface area contributed by atoms with Crippen molar-refractivity contribution in [3.8, 4) is 0 Å². The van der Waals surface area contributed by atoms with E-state index in [1.54, 1.807) is 11.3 Å². The van der Waals surface area contributed by atoms with Crippen molar-refractivity contribution in [3.05, 3.63) is 20.3 Å². The standard InChI is InChI=1S/C6H6BrClS/c1-4-2-5(7)6(3-8)9-4/h2H,3H2,1H3. The first kappa shape index (κ1) is 7.58. The SMILES string of the molecule is Cc1cc(Br)c(CCl)s1. The highest BCUT2D eigenvalue weighted by molar-refractivity contribution is 9.10. The molecule has 0 aromatic carbocycles. The molecule has 0 saturated carbocycles. The molecule has 1 aromatic heterocycles. The van der Waals surface area contributed by atoms with Crippen molar-refractivity contribution in [2.75, 3.05) is 0 Å². The topological polar surface area (TPSA) is 0 Å². The average molecular weight is 226 g/mol. The molecule has 0 amide bonds. The molecule has 0 N–H and O–H groups in total. The fourth-order valence-electron chi connectivity index (χ4n) is 0.623. The van der Waals surface area contributed by atoms with Crippen molar-refractivity contribution in [2.45, 2.75) is 12.8 Å². The largest absolute Gasteiger partial charge is 0.143 e. The molecule has 0 bridgehead atoms. The van der Waals surface area contributed by atoms with Crippen LogP contribution in [0.25, 0.3) is 0 Å². The molecular weight excluding hydrogens is 219 g/mol. The summed E-state index contributed by atoms with van der Waals surface area (Å²) in [5, 5.41) is 0. The summed E-state index contributed by atoms with van der Waals surface area (Å²) in [6, 6.07) is 2.09. The van der Waals surface area contributed by atoms with E-state index in [4.69, 9.17) is 11.6 Å². The van der Waals surface area contributed by atoms with E-state index in [2.05, 4.69) is 28.9 Å². The molecule has 0 radical (unpaired) electrons. The number of hydrogen-bond acceptors (Lipinski definition) is 1. The highest BCUT2D eigenvalue weighted by Crippen LogP contribution is 2.27. The Hall–Kier alpha value is 0.470. The van der Waals surface area contributed by atoms with Crippen molar-refractivity contribution in [3.63, 3.8) is 0 Å². The number of thiophene rings is 1.